The van der Waals surface area contributed by atoms with Crippen molar-refractivity contribution in [2.75, 3.05) is 18.0 Å². The van der Waals surface area contributed by atoms with Gasteiger partial charge in [-0.05, 0) is 25.7 Å². The summed E-state index contributed by atoms with van der Waals surface area (Å²) in [6.45, 7) is 2.08. The van der Waals surface area contributed by atoms with E-state index in [4.69, 9.17) is 0 Å². The molecule has 0 bridgehead atoms. The first kappa shape index (κ1) is 8.95. The Hall–Kier alpha value is -1.32. The summed E-state index contributed by atoms with van der Waals surface area (Å²) in [6, 6.07) is 1.62. The molecule has 1 saturated carbocycles. The molecule has 1 aliphatic carbocycles. The maximum Gasteiger partial charge on any atom is 0.252 e. The van der Waals surface area contributed by atoms with Gasteiger partial charge in [-0.2, -0.15) is 0 Å². The van der Waals surface area contributed by atoms with Crippen molar-refractivity contribution in [1.82, 2.24) is 9.97 Å². The summed E-state index contributed by atoms with van der Waals surface area (Å²) in [4.78, 5) is 21.1. The lowest BCUT2D eigenvalue weighted by Crippen LogP contribution is -2.23. The van der Waals surface area contributed by atoms with Gasteiger partial charge in [0.1, 0.15) is 11.6 Å². The predicted octanol–water partition coefficient (Wildman–Crippen LogP) is 1.25. The summed E-state index contributed by atoms with van der Waals surface area (Å²) in [5, 5.41) is 0. The van der Waals surface area contributed by atoms with Crippen LogP contribution in [0.4, 0.5) is 5.82 Å². The third kappa shape index (κ3) is 1.76. The first-order valence-electron chi connectivity index (χ1n) is 5.69. The molecule has 80 valence electrons. The number of nitrogens with one attached hydrogen (secondary N) is 1. The topological polar surface area (TPSA) is 49.0 Å². The van der Waals surface area contributed by atoms with E-state index < -0.39 is 0 Å². The zero-order valence-corrected chi connectivity index (χ0v) is 8.70. The number of hydrogen-bond acceptors (Lipinski definition) is 3. The van der Waals surface area contributed by atoms with Crippen LogP contribution >= 0.6 is 0 Å². The van der Waals surface area contributed by atoms with Gasteiger partial charge in [0.25, 0.3) is 5.56 Å². The first-order chi connectivity index (χ1) is 7.33. The van der Waals surface area contributed by atoms with Crippen molar-refractivity contribution >= 4 is 5.82 Å². The van der Waals surface area contributed by atoms with Gasteiger partial charge in [-0.25, -0.2) is 4.98 Å². The Morgan fingerprint density at radius 1 is 1.33 bits per heavy atom. The van der Waals surface area contributed by atoms with E-state index in [9.17, 15) is 4.79 Å². The summed E-state index contributed by atoms with van der Waals surface area (Å²) in [7, 11) is 0. The molecule has 15 heavy (non-hydrogen) atoms. The van der Waals surface area contributed by atoms with Crippen molar-refractivity contribution in [3.8, 4) is 0 Å². The Morgan fingerprint density at radius 2 is 2.07 bits per heavy atom. The summed E-state index contributed by atoms with van der Waals surface area (Å²) in [6.07, 6.45) is 4.78. The largest absolute Gasteiger partial charge is 0.356 e. The van der Waals surface area contributed by atoms with Gasteiger partial charge in [-0.3, -0.25) is 4.79 Å². The van der Waals surface area contributed by atoms with E-state index in [1.807, 2.05) is 0 Å². The Labute approximate surface area is 88.3 Å². The van der Waals surface area contributed by atoms with Gasteiger partial charge < -0.3 is 9.88 Å². The SMILES string of the molecule is O=c1cc(N2CCCC2)nc(C2CC2)[nH]1. The zero-order chi connectivity index (χ0) is 10.3. The highest BCUT2D eigenvalue weighted by Crippen LogP contribution is 2.38. The second kappa shape index (κ2) is 3.36. The van der Waals surface area contributed by atoms with Gasteiger partial charge in [0.2, 0.25) is 0 Å². The van der Waals surface area contributed by atoms with E-state index in [1.165, 1.54) is 25.7 Å². The molecule has 0 aromatic carbocycles. The molecule has 2 heterocycles. The lowest BCUT2D eigenvalue weighted by molar-refractivity contribution is 0.860. The van der Waals surface area contributed by atoms with Crippen LogP contribution in [0.1, 0.15) is 37.4 Å². The van der Waals surface area contributed by atoms with E-state index in [0.717, 1.165) is 24.7 Å². The van der Waals surface area contributed by atoms with Crippen molar-refractivity contribution in [3.63, 3.8) is 0 Å². The van der Waals surface area contributed by atoms with E-state index in [0.29, 0.717) is 5.92 Å². The van der Waals surface area contributed by atoms with Crippen molar-refractivity contribution < 1.29 is 0 Å². The molecule has 0 amide bonds. The summed E-state index contributed by atoms with van der Waals surface area (Å²) in [5.41, 5.74) is -0.00574. The standard InChI is InChI=1S/C11H15N3O/c15-10-7-9(14-5-1-2-6-14)12-11(13-10)8-3-4-8/h7-8H,1-6H2,(H,12,13,15). The summed E-state index contributed by atoms with van der Waals surface area (Å²) < 4.78 is 0. The fourth-order valence-electron chi connectivity index (χ4n) is 2.12. The van der Waals surface area contributed by atoms with Crippen LogP contribution in [0.3, 0.4) is 0 Å². The summed E-state index contributed by atoms with van der Waals surface area (Å²) >= 11 is 0. The number of hydrogen-bond donors (Lipinski definition) is 1. The zero-order valence-electron chi connectivity index (χ0n) is 8.70. The van der Waals surface area contributed by atoms with Gasteiger partial charge in [0, 0.05) is 25.1 Å². The normalized spacial score (nSPS) is 20.9. The van der Waals surface area contributed by atoms with Crippen LogP contribution < -0.4 is 10.5 Å². The Kier molecular flexibility index (Phi) is 2.01. The smallest absolute Gasteiger partial charge is 0.252 e. The molecular weight excluding hydrogens is 190 g/mol. The lowest BCUT2D eigenvalue weighted by Gasteiger charge is -2.16. The quantitative estimate of drug-likeness (QED) is 0.790. The van der Waals surface area contributed by atoms with Crippen LogP contribution in [0.15, 0.2) is 10.9 Å². The van der Waals surface area contributed by atoms with Gasteiger partial charge in [-0.1, -0.05) is 0 Å². The van der Waals surface area contributed by atoms with Crippen LogP contribution in [0.25, 0.3) is 0 Å². The fourth-order valence-corrected chi connectivity index (χ4v) is 2.12. The van der Waals surface area contributed by atoms with E-state index in [-0.39, 0.29) is 5.56 Å². The Bertz CT molecular complexity index is 416. The van der Waals surface area contributed by atoms with Crippen molar-refractivity contribution in [3.05, 3.63) is 22.2 Å². The van der Waals surface area contributed by atoms with Gasteiger partial charge >= 0.3 is 0 Å². The van der Waals surface area contributed by atoms with Gasteiger partial charge in [-0.15, -0.1) is 0 Å². The van der Waals surface area contributed by atoms with Crippen molar-refractivity contribution in [2.24, 2.45) is 0 Å². The monoisotopic (exact) mass is 205 g/mol. The molecule has 0 spiro atoms. The third-order valence-electron chi connectivity index (χ3n) is 3.14. The number of H-pyrrole nitrogens is 1. The van der Waals surface area contributed by atoms with E-state index >= 15 is 0 Å². The molecule has 1 aromatic rings. The second-order valence-electron chi connectivity index (χ2n) is 4.46. The highest BCUT2D eigenvalue weighted by Gasteiger charge is 2.27. The average molecular weight is 205 g/mol. The Balaban J connectivity index is 1.95. The van der Waals surface area contributed by atoms with Crippen molar-refractivity contribution in [1.29, 1.82) is 0 Å². The van der Waals surface area contributed by atoms with Crippen LogP contribution in [0.2, 0.25) is 0 Å². The van der Waals surface area contributed by atoms with E-state index in [1.54, 1.807) is 6.07 Å². The number of rotatable bonds is 2. The lowest BCUT2D eigenvalue weighted by atomic mass is 10.4. The second-order valence-corrected chi connectivity index (χ2v) is 4.46. The number of anilines is 1. The average Bonchev–Trinajstić information content (AvgIpc) is 2.93. The maximum atomic E-state index is 11.5. The fraction of sp³-hybridized carbons (Fsp3) is 0.636. The molecule has 1 aliphatic heterocycles. The molecular formula is C11H15N3O. The van der Waals surface area contributed by atoms with Gasteiger partial charge in [0.05, 0.1) is 0 Å². The molecule has 4 nitrogen and oxygen atoms in total. The highest BCUT2D eigenvalue weighted by atomic mass is 16.1. The molecule has 4 heteroatoms. The molecule has 0 unspecified atom stereocenters. The maximum absolute atomic E-state index is 11.5. The Morgan fingerprint density at radius 3 is 2.73 bits per heavy atom. The minimum absolute atomic E-state index is 0.00574. The number of aromatic nitrogens is 2. The minimum Gasteiger partial charge on any atom is -0.356 e. The van der Waals surface area contributed by atoms with E-state index in [2.05, 4.69) is 14.9 Å². The third-order valence-corrected chi connectivity index (χ3v) is 3.14. The first-order valence-corrected chi connectivity index (χ1v) is 5.69. The van der Waals surface area contributed by atoms with Crippen molar-refractivity contribution in [2.45, 2.75) is 31.6 Å². The minimum atomic E-state index is -0.00574. The number of nitrogens with zero attached hydrogens (tertiary/aromatic N) is 2. The molecule has 0 radical (unpaired) electrons. The highest BCUT2D eigenvalue weighted by molar-refractivity contribution is 5.39. The van der Waals surface area contributed by atoms with Crippen LogP contribution in [0, 0.1) is 0 Å². The molecule has 3 rings (SSSR count). The molecule has 2 fully saturated rings. The van der Waals surface area contributed by atoms with Crippen LogP contribution in [-0.2, 0) is 0 Å². The van der Waals surface area contributed by atoms with Crippen LogP contribution in [0.5, 0.6) is 0 Å². The van der Waals surface area contributed by atoms with Crippen LogP contribution in [-0.4, -0.2) is 23.1 Å². The number of aromatic amines is 1. The molecule has 2 aliphatic rings. The molecule has 1 saturated heterocycles. The molecule has 0 atom stereocenters. The molecule has 1 aromatic heterocycles. The molecule has 1 N–H and O–H groups in total. The van der Waals surface area contributed by atoms with Gasteiger partial charge in [0.15, 0.2) is 0 Å². The summed E-state index contributed by atoms with van der Waals surface area (Å²) in [5.74, 6) is 2.28. The predicted molar refractivity (Wildman–Crippen MR) is 58.3 cm³/mol.